The number of amides is 1. The van der Waals surface area contributed by atoms with E-state index in [1.54, 1.807) is 30.3 Å². The average Bonchev–Trinajstić information content (AvgIpc) is 3.19. The van der Waals surface area contributed by atoms with Crippen LogP contribution in [0.25, 0.3) is 11.0 Å². The highest BCUT2D eigenvalue weighted by Crippen LogP contribution is 2.29. The molecule has 0 aliphatic rings. The molecule has 3 aromatic carbocycles. The van der Waals surface area contributed by atoms with E-state index in [1.807, 2.05) is 25.1 Å². The van der Waals surface area contributed by atoms with Crippen LogP contribution in [-0.4, -0.2) is 22.2 Å². The van der Waals surface area contributed by atoms with Gasteiger partial charge in [0.25, 0.3) is 5.91 Å². The summed E-state index contributed by atoms with van der Waals surface area (Å²) in [5.41, 5.74) is 2.41. The number of nitro groups is 1. The highest BCUT2D eigenvalue weighted by Gasteiger charge is 2.15. The first-order valence-corrected chi connectivity index (χ1v) is 9.33. The third kappa shape index (κ3) is 4.13. The summed E-state index contributed by atoms with van der Waals surface area (Å²) in [6.45, 7) is 1.82. The fourth-order valence-electron chi connectivity index (χ4n) is 3.09. The molecule has 0 saturated heterocycles. The second-order valence-corrected chi connectivity index (χ2v) is 6.83. The van der Waals surface area contributed by atoms with Crippen LogP contribution in [0.5, 0.6) is 5.75 Å². The van der Waals surface area contributed by atoms with Crippen LogP contribution in [0.3, 0.4) is 0 Å². The van der Waals surface area contributed by atoms with Crippen molar-refractivity contribution in [2.75, 3.05) is 5.32 Å². The molecule has 0 unspecified atom stereocenters. The average molecular weight is 415 g/mol. The van der Waals surface area contributed by atoms with Gasteiger partial charge < -0.3 is 14.8 Å². The number of carbonyl (C=O) groups is 1. The quantitative estimate of drug-likeness (QED) is 0.258. The number of fused-ring (bicyclic) bond motifs is 1. The molecule has 0 aliphatic heterocycles. The van der Waals surface area contributed by atoms with E-state index in [4.69, 9.17) is 4.42 Å². The number of nitrogens with zero attached hydrogens (tertiary/aromatic N) is 2. The summed E-state index contributed by atoms with van der Waals surface area (Å²) in [5.74, 6) is -0.594. The van der Waals surface area contributed by atoms with E-state index >= 15 is 0 Å². The molecule has 0 saturated carbocycles. The minimum Gasteiger partial charge on any atom is -0.502 e. The van der Waals surface area contributed by atoms with Crippen molar-refractivity contribution in [2.24, 2.45) is 4.99 Å². The Bertz CT molecular complexity index is 1310. The monoisotopic (exact) mass is 415 g/mol. The Morgan fingerprint density at radius 1 is 1.13 bits per heavy atom. The molecular weight excluding hydrogens is 398 g/mol. The Labute approximate surface area is 176 Å². The van der Waals surface area contributed by atoms with E-state index in [2.05, 4.69) is 10.3 Å². The molecule has 1 aromatic heterocycles. The fourth-order valence-corrected chi connectivity index (χ4v) is 3.09. The van der Waals surface area contributed by atoms with Crippen LogP contribution in [0.1, 0.15) is 21.7 Å². The van der Waals surface area contributed by atoms with Gasteiger partial charge in [0.05, 0.1) is 10.6 Å². The number of hydrogen-bond acceptors (Lipinski definition) is 6. The zero-order valence-corrected chi connectivity index (χ0v) is 16.4. The lowest BCUT2D eigenvalue weighted by Crippen LogP contribution is -2.11. The smallest absolute Gasteiger partial charge is 0.311 e. The van der Waals surface area contributed by atoms with Gasteiger partial charge in [-0.05, 0) is 48.9 Å². The molecule has 4 aromatic rings. The van der Waals surface area contributed by atoms with E-state index in [0.717, 1.165) is 10.9 Å². The molecule has 154 valence electrons. The second kappa shape index (κ2) is 8.11. The van der Waals surface area contributed by atoms with Crippen LogP contribution in [-0.2, 0) is 0 Å². The number of nitro benzene ring substituents is 1. The van der Waals surface area contributed by atoms with E-state index in [-0.39, 0.29) is 22.9 Å². The molecule has 0 spiro atoms. The number of hydrogen-bond donors (Lipinski definition) is 2. The van der Waals surface area contributed by atoms with Gasteiger partial charge in [-0.15, -0.1) is 0 Å². The minimum absolute atomic E-state index is 0.212. The molecular formula is C23H17N3O5. The lowest BCUT2D eigenvalue weighted by molar-refractivity contribution is -0.385. The molecule has 1 amide bonds. The SMILES string of the molecule is Cc1cc(N=Cc2cccc([N+](=O)[O-])c2O)ccc1NC(=O)c1cc2ccccc2o1. The first-order chi connectivity index (χ1) is 14.9. The molecule has 0 atom stereocenters. The Kier molecular flexibility index (Phi) is 5.19. The molecule has 8 nitrogen and oxygen atoms in total. The number of aliphatic imine (C=N–C) groups is 1. The van der Waals surface area contributed by atoms with Crippen LogP contribution < -0.4 is 5.32 Å². The van der Waals surface area contributed by atoms with Crippen molar-refractivity contribution in [3.8, 4) is 5.75 Å². The van der Waals surface area contributed by atoms with Gasteiger partial charge in [-0.25, -0.2) is 0 Å². The number of para-hydroxylation sites is 2. The van der Waals surface area contributed by atoms with Crippen molar-refractivity contribution < 1.29 is 19.2 Å². The number of aryl methyl sites for hydroxylation is 1. The Morgan fingerprint density at radius 3 is 2.68 bits per heavy atom. The summed E-state index contributed by atoms with van der Waals surface area (Å²) in [7, 11) is 0. The van der Waals surface area contributed by atoms with Gasteiger partial charge in [0.2, 0.25) is 5.75 Å². The third-order valence-electron chi connectivity index (χ3n) is 4.70. The highest BCUT2D eigenvalue weighted by molar-refractivity contribution is 6.05. The Morgan fingerprint density at radius 2 is 1.94 bits per heavy atom. The minimum atomic E-state index is -0.656. The van der Waals surface area contributed by atoms with Gasteiger partial charge in [0.1, 0.15) is 5.58 Å². The number of rotatable bonds is 5. The summed E-state index contributed by atoms with van der Waals surface area (Å²) >= 11 is 0. The molecule has 0 radical (unpaired) electrons. The van der Waals surface area contributed by atoms with Gasteiger partial charge in [-0.2, -0.15) is 0 Å². The van der Waals surface area contributed by atoms with Crippen molar-refractivity contribution in [3.05, 3.63) is 93.7 Å². The molecule has 0 aliphatic carbocycles. The molecule has 0 bridgehead atoms. The predicted molar refractivity (Wildman–Crippen MR) is 117 cm³/mol. The summed E-state index contributed by atoms with van der Waals surface area (Å²) in [5, 5.41) is 24.6. The zero-order chi connectivity index (χ0) is 22.0. The van der Waals surface area contributed by atoms with Crippen LogP contribution in [0.2, 0.25) is 0 Å². The van der Waals surface area contributed by atoms with Crippen LogP contribution in [0.4, 0.5) is 17.1 Å². The van der Waals surface area contributed by atoms with Gasteiger partial charge in [-0.1, -0.05) is 24.3 Å². The topological polar surface area (TPSA) is 118 Å². The maximum absolute atomic E-state index is 12.5. The largest absolute Gasteiger partial charge is 0.502 e. The van der Waals surface area contributed by atoms with Crippen molar-refractivity contribution in [3.63, 3.8) is 0 Å². The number of aromatic hydroxyl groups is 1. The lowest BCUT2D eigenvalue weighted by atomic mass is 10.1. The van der Waals surface area contributed by atoms with Crippen LogP contribution in [0.15, 0.2) is 76.1 Å². The Balaban J connectivity index is 1.52. The summed E-state index contributed by atoms with van der Waals surface area (Å²) < 4.78 is 5.58. The maximum atomic E-state index is 12.5. The first-order valence-electron chi connectivity index (χ1n) is 9.33. The van der Waals surface area contributed by atoms with Crippen LogP contribution >= 0.6 is 0 Å². The number of carbonyl (C=O) groups excluding carboxylic acids is 1. The van der Waals surface area contributed by atoms with E-state index in [0.29, 0.717) is 17.0 Å². The zero-order valence-electron chi connectivity index (χ0n) is 16.4. The van der Waals surface area contributed by atoms with E-state index in [1.165, 1.54) is 24.4 Å². The van der Waals surface area contributed by atoms with Crippen molar-refractivity contribution >= 4 is 40.2 Å². The van der Waals surface area contributed by atoms with Crippen molar-refractivity contribution in [1.82, 2.24) is 0 Å². The second-order valence-electron chi connectivity index (χ2n) is 6.83. The molecule has 2 N–H and O–H groups in total. The normalized spacial score (nSPS) is 11.1. The number of furan rings is 1. The number of phenols is 1. The van der Waals surface area contributed by atoms with Gasteiger partial charge >= 0.3 is 5.69 Å². The van der Waals surface area contributed by atoms with Crippen molar-refractivity contribution in [2.45, 2.75) is 6.92 Å². The van der Waals surface area contributed by atoms with Gasteiger partial charge in [-0.3, -0.25) is 19.9 Å². The number of anilines is 1. The predicted octanol–water partition coefficient (Wildman–Crippen LogP) is 5.36. The lowest BCUT2D eigenvalue weighted by Gasteiger charge is -2.07. The van der Waals surface area contributed by atoms with Gasteiger partial charge in [0.15, 0.2) is 5.76 Å². The molecule has 4 rings (SSSR count). The maximum Gasteiger partial charge on any atom is 0.311 e. The molecule has 1 heterocycles. The number of benzene rings is 3. The first kappa shape index (κ1) is 19.8. The van der Waals surface area contributed by atoms with Gasteiger partial charge in [0, 0.05) is 28.9 Å². The standard InChI is InChI=1S/C23H17N3O5/c1-14-11-17(24-13-16-6-4-7-19(22(16)27)26(29)30)9-10-18(14)25-23(28)21-12-15-5-2-3-8-20(15)31-21/h2-13,27H,1H3,(H,25,28). The molecule has 31 heavy (non-hydrogen) atoms. The molecule has 0 fully saturated rings. The van der Waals surface area contributed by atoms with Crippen LogP contribution in [0, 0.1) is 17.0 Å². The van der Waals surface area contributed by atoms with E-state index < -0.39 is 10.7 Å². The molecule has 8 heteroatoms. The summed E-state index contributed by atoms with van der Waals surface area (Å²) in [6.07, 6.45) is 1.35. The van der Waals surface area contributed by atoms with E-state index in [9.17, 15) is 20.0 Å². The van der Waals surface area contributed by atoms with Crippen molar-refractivity contribution in [1.29, 1.82) is 0 Å². The summed E-state index contributed by atoms with van der Waals surface area (Å²) in [6, 6.07) is 18.4. The highest BCUT2D eigenvalue weighted by atomic mass is 16.6. The summed E-state index contributed by atoms with van der Waals surface area (Å²) in [4.78, 5) is 27.1. The third-order valence-corrected chi connectivity index (χ3v) is 4.70. The number of nitrogens with one attached hydrogen (secondary N) is 1. The number of phenolic OH excluding ortho intramolecular Hbond substituents is 1. The fraction of sp³-hybridized carbons (Fsp3) is 0.0435. The Hall–Kier alpha value is -4.46.